The van der Waals surface area contributed by atoms with Crippen molar-refractivity contribution in [3.63, 3.8) is 0 Å². The molecule has 0 aromatic heterocycles. The zero-order valence-corrected chi connectivity index (χ0v) is 13.9. The molecule has 1 amide bonds. The molecule has 1 fully saturated rings. The van der Waals surface area contributed by atoms with Crippen LogP contribution in [0.5, 0.6) is 0 Å². The number of allylic oxidation sites excluding steroid dienone is 1. The minimum Gasteiger partial charge on any atom is -0.481 e. The number of hydrogen-bond donors (Lipinski definition) is 1. The van der Waals surface area contributed by atoms with E-state index in [1.807, 2.05) is 34.6 Å². The highest BCUT2D eigenvalue weighted by atomic mass is 16.6. The van der Waals surface area contributed by atoms with E-state index < -0.39 is 17.0 Å². The van der Waals surface area contributed by atoms with Crippen LogP contribution in [0.2, 0.25) is 0 Å². The average molecular weight is 299 g/mol. The van der Waals surface area contributed by atoms with Crippen molar-refractivity contribution >= 4 is 12.1 Å². The summed E-state index contributed by atoms with van der Waals surface area (Å²) in [6.07, 6.45) is 2.58. The van der Waals surface area contributed by atoms with Gasteiger partial charge in [0.25, 0.3) is 0 Å². The normalized spacial score (nSPS) is 17.3. The van der Waals surface area contributed by atoms with Gasteiger partial charge in [0, 0.05) is 13.1 Å². The molecule has 0 radical (unpaired) electrons. The molecule has 5 heteroatoms. The number of ether oxygens (including phenoxy) is 1. The molecule has 0 aliphatic carbocycles. The second-order valence-corrected chi connectivity index (χ2v) is 6.05. The van der Waals surface area contributed by atoms with Crippen LogP contribution in [-0.4, -0.2) is 40.8 Å². The highest BCUT2D eigenvalue weighted by Gasteiger charge is 2.42. The first-order valence-corrected chi connectivity index (χ1v) is 7.52. The molecular formula is C16H29NO4. The van der Waals surface area contributed by atoms with Gasteiger partial charge in [-0.1, -0.05) is 19.9 Å². The largest absolute Gasteiger partial charge is 0.481 e. The molecule has 0 bridgehead atoms. The maximum absolute atomic E-state index is 11.9. The second kappa shape index (κ2) is 8.05. The fourth-order valence-corrected chi connectivity index (χ4v) is 2.23. The molecule has 0 aromatic carbocycles. The summed E-state index contributed by atoms with van der Waals surface area (Å²) in [4.78, 5) is 24.9. The summed E-state index contributed by atoms with van der Waals surface area (Å²) in [5.74, 6) is -0.809. The number of nitrogens with zero attached hydrogens (tertiary/aromatic N) is 1. The number of rotatable bonds is 3. The first-order chi connectivity index (χ1) is 9.70. The van der Waals surface area contributed by atoms with Gasteiger partial charge in [-0.05, 0) is 40.0 Å². The fourth-order valence-electron chi connectivity index (χ4n) is 2.23. The van der Waals surface area contributed by atoms with Crippen molar-refractivity contribution in [3.8, 4) is 0 Å². The number of carbonyl (C=O) groups excluding carboxylic acids is 1. The van der Waals surface area contributed by atoms with Crippen LogP contribution in [0.4, 0.5) is 4.79 Å². The van der Waals surface area contributed by atoms with Gasteiger partial charge in [-0.2, -0.15) is 0 Å². The van der Waals surface area contributed by atoms with E-state index >= 15 is 0 Å². The zero-order valence-electron chi connectivity index (χ0n) is 13.9. The third-order valence-electron chi connectivity index (χ3n) is 3.36. The van der Waals surface area contributed by atoms with Gasteiger partial charge in [-0.25, -0.2) is 4.79 Å². The summed E-state index contributed by atoms with van der Waals surface area (Å²) in [7, 11) is 0. The molecule has 1 N–H and O–H groups in total. The van der Waals surface area contributed by atoms with Gasteiger partial charge < -0.3 is 14.7 Å². The molecule has 1 aliphatic rings. The van der Waals surface area contributed by atoms with Gasteiger partial charge >= 0.3 is 12.1 Å². The van der Waals surface area contributed by atoms with E-state index in [9.17, 15) is 14.7 Å². The molecule has 1 rings (SSSR count). The Labute approximate surface area is 128 Å². The van der Waals surface area contributed by atoms with Crippen molar-refractivity contribution in [2.45, 2.75) is 59.5 Å². The smallest absolute Gasteiger partial charge is 0.410 e. The van der Waals surface area contributed by atoms with Crippen LogP contribution in [0.1, 0.15) is 53.9 Å². The van der Waals surface area contributed by atoms with Gasteiger partial charge in [-0.3, -0.25) is 4.79 Å². The molecular weight excluding hydrogens is 270 g/mol. The maximum Gasteiger partial charge on any atom is 0.410 e. The lowest BCUT2D eigenvalue weighted by molar-refractivity contribution is -0.151. The van der Waals surface area contributed by atoms with Crippen molar-refractivity contribution in [2.24, 2.45) is 5.41 Å². The van der Waals surface area contributed by atoms with Crippen molar-refractivity contribution in [1.82, 2.24) is 4.90 Å². The summed E-state index contributed by atoms with van der Waals surface area (Å²) in [6, 6.07) is 0. The van der Waals surface area contributed by atoms with E-state index in [0.717, 1.165) is 0 Å². The number of likely N-dealkylation sites (tertiary alicyclic amines) is 1. The number of carboxylic acids is 1. The zero-order chi connectivity index (χ0) is 16.7. The van der Waals surface area contributed by atoms with Crippen molar-refractivity contribution in [3.05, 3.63) is 12.7 Å². The Morgan fingerprint density at radius 1 is 1.29 bits per heavy atom. The third kappa shape index (κ3) is 5.78. The first-order valence-electron chi connectivity index (χ1n) is 7.52. The summed E-state index contributed by atoms with van der Waals surface area (Å²) in [5.41, 5.74) is -1.31. The molecule has 0 spiro atoms. The number of carbonyl (C=O) groups is 2. The van der Waals surface area contributed by atoms with Crippen LogP contribution in [0.15, 0.2) is 12.7 Å². The molecule has 122 valence electrons. The minimum absolute atomic E-state index is 0.370. The summed E-state index contributed by atoms with van der Waals surface area (Å²) < 4.78 is 5.29. The van der Waals surface area contributed by atoms with Crippen LogP contribution in [0.3, 0.4) is 0 Å². The Bertz CT molecular complexity index is 363. The molecule has 0 aromatic rings. The van der Waals surface area contributed by atoms with Gasteiger partial charge in [0.15, 0.2) is 0 Å². The van der Waals surface area contributed by atoms with Crippen LogP contribution in [0.25, 0.3) is 0 Å². The van der Waals surface area contributed by atoms with Gasteiger partial charge in [0.05, 0.1) is 5.41 Å². The van der Waals surface area contributed by atoms with Gasteiger partial charge in [0.1, 0.15) is 5.60 Å². The number of hydrogen-bond acceptors (Lipinski definition) is 3. The van der Waals surface area contributed by atoms with E-state index in [0.29, 0.717) is 32.4 Å². The summed E-state index contributed by atoms with van der Waals surface area (Å²) in [5, 5.41) is 9.35. The van der Waals surface area contributed by atoms with Crippen LogP contribution < -0.4 is 0 Å². The summed E-state index contributed by atoms with van der Waals surface area (Å²) >= 11 is 0. The molecule has 1 saturated heterocycles. The third-order valence-corrected chi connectivity index (χ3v) is 3.36. The Morgan fingerprint density at radius 3 is 2.10 bits per heavy atom. The van der Waals surface area contributed by atoms with E-state index in [-0.39, 0.29) is 6.09 Å². The molecule has 21 heavy (non-hydrogen) atoms. The van der Waals surface area contributed by atoms with E-state index in [1.165, 1.54) is 0 Å². The van der Waals surface area contributed by atoms with Crippen molar-refractivity contribution in [1.29, 1.82) is 0 Å². The van der Waals surface area contributed by atoms with Crippen LogP contribution >= 0.6 is 0 Å². The monoisotopic (exact) mass is 299 g/mol. The Morgan fingerprint density at radius 2 is 1.76 bits per heavy atom. The highest BCUT2D eigenvalue weighted by Crippen LogP contribution is 2.36. The number of aliphatic carboxylic acids is 1. The summed E-state index contributed by atoms with van der Waals surface area (Å²) in [6.45, 7) is 13.9. The predicted octanol–water partition coefficient (Wildman–Crippen LogP) is 3.69. The second-order valence-electron chi connectivity index (χ2n) is 6.05. The molecule has 5 nitrogen and oxygen atoms in total. The lowest BCUT2D eigenvalue weighted by Crippen LogP contribution is -2.47. The van der Waals surface area contributed by atoms with Crippen molar-refractivity contribution < 1.29 is 19.4 Å². The van der Waals surface area contributed by atoms with E-state index in [1.54, 1.807) is 11.0 Å². The predicted molar refractivity (Wildman–Crippen MR) is 83.3 cm³/mol. The average Bonchev–Trinajstić information content (AvgIpc) is 2.40. The quantitative estimate of drug-likeness (QED) is 0.807. The fraction of sp³-hybridized carbons (Fsp3) is 0.750. The lowest BCUT2D eigenvalue weighted by atomic mass is 9.76. The SMILES string of the molecule is C=CCC1(C(=O)O)CCN(C(=O)OC(C)(C)C)CC1.CC. The van der Waals surface area contributed by atoms with Crippen LogP contribution in [0, 0.1) is 5.41 Å². The molecule has 0 unspecified atom stereocenters. The van der Waals surface area contributed by atoms with Crippen molar-refractivity contribution in [2.75, 3.05) is 13.1 Å². The van der Waals surface area contributed by atoms with Gasteiger partial charge in [-0.15, -0.1) is 6.58 Å². The maximum atomic E-state index is 11.9. The molecule has 0 atom stereocenters. The topological polar surface area (TPSA) is 66.8 Å². The first kappa shape index (κ1) is 19.5. The number of piperidine rings is 1. The van der Waals surface area contributed by atoms with E-state index in [2.05, 4.69) is 6.58 Å². The number of carboxylic acid groups (broad SMARTS) is 1. The van der Waals surface area contributed by atoms with Crippen LogP contribution in [-0.2, 0) is 9.53 Å². The Hall–Kier alpha value is -1.52. The Kier molecular flexibility index (Phi) is 7.47. The molecule has 0 saturated carbocycles. The standard InChI is InChI=1S/C14H23NO4.C2H6/c1-5-6-14(11(16)17)7-9-15(10-8-14)12(18)19-13(2,3)4;1-2/h5H,1,6-10H2,2-4H3,(H,16,17);1-2H3. The Balaban J connectivity index is 0.00000191. The minimum atomic E-state index is -0.809. The lowest BCUT2D eigenvalue weighted by Gasteiger charge is -2.38. The number of amides is 1. The van der Waals surface area contributed by atoms with Gasteiger partial charge in [0.2, 0.25) is 0 Å². The van der Waals surface area contributed by atoms with E-state index in [4.69, 9.17) is 4.74 Å². The molecule has 1 aliphatic heterocycles. The highest BCUT2D eigenvalue weighted by molar-refractivity contribution is 5.76. The molecule has 1 heterocycles.